The molecule has 3 N–H and O–H groups in total. The number of aromatic nitrogens is 3. The average Bonchev–Trinajstić information content (AvgIpc) is 2.87. The Balaban J connectivity index is 2.41. The Morgan fingerprint density at radius 2 is 2.33 bits per heavy atom. The summed E-state index contributed by atoms with van der Waals surface area (Å²) >= 11 is 0. The molecule has 0 unspecified atom stereocenters. The number of aryl methyl sites for hydroxylation is 1. The van der Waals surface area contributed by atoms with Gasteiger partial charge in [-0.05, 0) is 18.6 Å². The van der Waals surface area contributed by atoms with Crippen molar-refractivity contribution in [3.8, 4) is 5.82 Å². The first-order valence-corrected chi connectivity index (χ1v) is 5.73. The third-order valence-electron chi connectivity index (χ3n) is 2.54. The monoisotopic (exact) mass is 245 g/mol. The third-order valence-corrected chi connectivity index (χ3v) is 2.54. The molecule has 0 atom stereocenters. The van der Waals surface area contributed by atoms with Gasteiger partial charge in [0.15, 0.2) is 5.84 Å². The van der Waals surface area contributed by atoms with E-state index in [9.17, 15) is 0 Å². The van der Waals surface area contributed by atoms with Crippen molar-refractivity contribution in [3.05, 3.63) is 42.1 Å². The number of imidazole rings is 1. The zero-order valence-electron chi connectivity index (χ0n) is 10.1. The summed E-state index contributed by atoms with van der Waals surface area (Å²) in [6.45, 7) is 2.10. The summed E-state index contributed by atoms with van der Waals surface area (Å²) < 4.78 is 1.90. The summed E-state index contributed by atoms with van der Waals surface area (Å²) in [6.07, 6.45) is 5.48. The van der Waals surface area contributed by atoms with Crippen molar-refractivity contribution in [3.63, 3.8) is 0 Å². The van der Waals surface area contributed by atoms with Gasteiger partial charge < -0.3 is 10.9 Å². The highest BCUT2D eigenvalue weighted by molar-refractivity contribution is 5.95. The molecule has 0 aliphatic carbocycles. The molecule has 2 rings (SSSR count). The molecule has 6 nitrogen and oxygen atoms in total. The molecule has 0 aliphatic heterocycles. The van der Waals surface area contributed by atoms with Crippen molar-refractivity contribution in [1.82, 2.24) is 14.5 Å². The average molecular weight is 245 g/mol. The molecule has 0 fully saturated rings. The minimum absolute atomic E-state index is 0.00555. The minimum atomic E-state index is -0.00555. The van der Waals surface area contributed by atoms with Crippen LogP contribution >= 0.6 is 0 Å². The maximum Gasteiger partial charge on any atom is 0.188 e. The lowest BCUT2D eigenvalue weighted by Crippen LogP contribution is -2.16. The maximum atomic E-state index is 8.65. The standard InChI is InChI=1S/C12H15N5O/c1-2-4-10-14-7-8-17(10)11-6-3-5-9(15-11)12(13)16-18/h3,5-8,18H,2,4H2,1H3,(H2,13,16). The van der Waals surface area contributed by atoms with E-state index in [2.05, 4.69) is 22.0 Å². The minimum Gasteiger partial charge on any atom is -0.409 e. The third kappa shape index (κ3) is 2.32. The summed E-state index contributed by atoms with van der Waals surface area (Å²) in [5.74, 6) is 1.65. The molecule has 0 aromatic carbocycles. The zero-order chi connectivity index (χ0) is 13.0. The Morgan fingerprint density at radius 3 is 3.06 bits per heavy atom. The van der Waals surface area contributed by atoms with Gasteiger partial charge in [0.2, 0.25) is 0 Å². The first kappa shape index (κ1) is 12.1. The van der Waals surface area contributed by atoms with Crippen LogP contribution in [0.3, 0.4) is 0 Å². The van der Waals surface area contributed by atoms with Crippen molar-refractivity contribution in [2.45, 2.75) is 19.8 Å². The second-order valence-electron chi connectivity index (χ2n) is 3.83. The van der Waals surface area contributed by atoms with E-state index < -0.39 is 0 Å². The number of hydrogen-bond donors (Lipinski definition) is 2. The lowest BCUT2D eigenvalue weighted by atomic mass is 10.3. The van der Waals surface area contributed by atoms with Crippen LogP contribution in [0.5, 0.6) is 0 Å². The van der Waals surface area contributed by atoms with Gasteiger partial charge in [0.05, 0.1) is 0 Å². The molecule has 0 bridgehead atoms. The quantitative estimate of drug-likeness (QED) is 0.368. The highest BCUT2D eigenvalue weighted by Gasteiger charge is 2.07. The predicted molar refractivity (Wildman–Crippen MR) is 67.9 cm³/mol. The second kappa shape index (κ2) is 5.31. The fraction of sp³-hybridized carbons (Fsp3) is 0.250. The van der Waals surface area contributed by atoms with Crippen molar-refractivity contribution in [1.29, 1.82) is 0 Å². The lowest BCUT2D eigenvalue weighted by Gasteiger charge is -2.07. The molecule has 0 aliphatic rings. The van der Waals surface area contributed by atoms with E-state index in [-0.39, 0.29) is 5.84 Å². The fourth-order valence-corrected chi connectivity index (χ4v) is 1.70. The number of pyridine rings is 1. The molecule has 94 valence electrons. The van der Waals surface area contributed by atoms with Crippen LogP contribution < -0.4 is 5.73 Å². The van der Waals surface area contributed by atoms with E-state index in [4.69, 9.17) is 10.9 Å². The normalized spacial score (nSPS) is 11.7. The van der Waals surface area contributed by atoms with Crippen LogP contribution in [-0.2, 0) is 6.42 Å². The van der Waals surface area contributed by atoms with E-state index in [0.29, 0.717) is 11.5 Å². The molecule has 18 heavy (non-hydrogen) atoms. The van der Waals surface area contributed by atoms with Crippen molar-refractivity contribution in [2.24, 2.45) is 10.9 Å². The van der Waals surface area contributed by atoms with Gasteiger partial charge in [0, 0.05) is 18.8 Å². The summed E-state index contributed by atoms with van der Waals surface area (Å²) in [5, 5.41) is 11.6. The van der Waals surface area contributed by atoms with Crippen LogP contribution in [0.4, 0.5) is 0 Å². The molecule has 0 spiro atoms. The molecular weight excluding hydrogens is 230 g/mol. The van der Waals surface area contributed by atoms with Crippen molar-refractivity contribution >= 4 is 5.84 Å². The van der Waals surface area contributed by atoms with Crippen LogP contribution in [0.2, 0.25) is 0 Å². The van der Waals surface area contributed by atoms with E-state index in [1.165, 1.54) is 0 Å². The predicted octanol–water partition coefficient (Wildman–Crippen LogP) is 1.31. The van der Waals surface area contributed by atoms with Gasteiger partial charge in [0.25, 0.3) is 0 Å². The highest BCUT2D eigenvalue weighted by atomic mass is 16.4. The summed E-state index contributed by atoms with van der Waals surface area (Å²) in [5.41, 5.74) is 5.96. The number of hydrogen-bond acceptors (Lipinski definition) is 4. The number of oxime groups is 1. The Bertz CT molecular complexity index is 561. The van der Waals surface area contributed by atoms with Crippen LogP contribution in [-0.4, -0.2) is 25.6 Å². The Morgan fingerprint density at radius 1 is 1.50 bits per heavy atom. The van der Waals surface area contributed by atoms with Gasteiger partial charge in [-0.15, -0.1) is 0 Å². The number of rotatable bonds is 4. The number of nitrogens with two attached hydrogens (primary N) is 1. The number of nitrogens with zero attached hydrogens (tertiary/aromatic N) is 4. The van der Waals surface area contributed by atoms with Gasteiger partial charge in [-0.3, -0.25) is 4.57 Å². The molecule has 0 amide bonds. The first-order chi connectivity index (χ1) is 8.76. The van der Waals surface area contributed by atoms with Crippen molar-refractivity contribution in [2.75, 3.05) is 0 Å². The fourth-order valence-electron chi connectivity index (χ4n) is 1.70. The lowest BCUT2D eigenvalue weighted by molar-refractivity contribution is 0.318. The van der Waals surface area contributed by atoms with Gasteiger partial charge in [0.1, 0.15) is 17.3 Å². The highest BCUT2D eigenvalue weighted by Crippen LogP contribution is 2.10. The van der Waals surface area contributed by atoms with Gasteiger partial charge >= 0.3 is 0 Å². The van der Waals surface area contributed by atoms with Gasteiger partial charge in [-0.25, -0.2) is 9.97 Å². The van der Waals surface area contributed by atoms with E-state index in [1.54, 1.807) is 12.3 Å². The Kier molecular flexibility index (Phi) is 3.57. The molecular formula is C12H15N5O. The molecule has 0 saturated heterocycles. The molecule has 0 saturated carbocycles. The largest absolute Gasteiger partial charge is 0.409 e. The van der Waals surface area contributed by atoms with Crippen LogP contribution in [0.25, 0.3) is 5.82 Å². The van der Waals surface area contributed by atoms with Crippen LogP contribution in [0, 0.1) is 0 Å². The van der Waals surface area contributed by atoms with Crippen molar-refractivity contribution < 1.29 is 5.21 Å². The smallest absolute Gasteiger partial charge is 0.188 e. The van der Waals surface area contributed by atoms with Gasteiger partial charge in [-0.2, -0.15) is 0 Å². The van der Waals surface area contributed by atoms with E-state index >= 15 is 0 Å². The first-order valence-electron chi connectivity index (χ1n) is 5.73. The van der Waals surface area contributed by atoms with Gasteiger partial charge in [-0.1, -0.05) is 18.1 Å². The molecule has 2 aromatic rings. The Hall–Kier alpha value is -2.37. The zero-order valence-corrected chi connectivity index (χ0v) is 10.1. The van der Waals surface area contributed by atoms with Crippen LogP contribution in [0.15, 0.2) is 35.7 Å². The molecule has 0 radical (unpaired) electrons. The molecule has 2 aromatic heterocycles. The van der Waals surface area contributed by atoms with E-state index in [1.807, 2.05) is 22.9 Å². The molecule has 2 heterocycles. The maximum absolute atomic E-state index is 8.65. The summed E-state index contributed by atoms with van der Waals surface area (Å²) in [4.78, 5) is 8.63. The number of amidine groups is 1. The SMILES string of the molecule is CCCc1nccn1-c1cccc(C(N)=NO)n1. The Labute approximate surface area is 105 Å². The molecule has 6 heteroatoms. The summed E-state index contributed by atoms with van der Waals surface area (Å²) in [7, 11) is 0. The van der Waals surface area contributed by atoms with Crippen LogP contribution in [0.1, 0.15) is 24.9 Å². The second-order valence-corrected chi connectivity index (χ2v) is 3.83. The van der Waals surface area contributed by atoms with E-state index in [0.717, 1.165) is 18.7 Å². The topological polar surface area (TPSA) is 89.3 Å². The summed E-state index contributed by atoms with van der Waals surface area (Å²) in [6, 6.07) is 5.36.